The Kier molecular flexibility index (Phi) is 2.49. The number of aromatic nitrogens is 2. The summed E-state index contributed by atoms with van der Waals surface area (Å²) in [6.07, 6.45) is 1.72. The molecule has 0 radical (unpaired) electrons. The minimum Gasteiger partial charge on any atom is -0.464 e. The van der Waals surface area contributed by atoms with Crippen LogP contribution in [0.2, 0.25) is 0 Å². The molecule has 0 fully saturated rings. The summed E-state index contributed by atoms with van der Waals surface area (Å²) in [5.41, 5.74) is 1.22. The highest BCUT2D eigenvalue weighted by molar-refractivity contribution is 5.86. The third-order valence-electron chi connectivity index (χ3n) is 2.00. The molecule has 0 aliphatic heterocycles. The molecule has 4 heteroatoms. The number of nitrogens with zero attached hydrogens (tertiary/aromatic N) is 2. The van der Waals surface area contributed by atoms with E-state index < -0.39 is 5.97 Å². The fraction of sp³-hybridized carbons (Fsp3) is 0.0909. The van der Waals surface area contributed by atoms with Crippen LogP contribution in [0.4, 0.5) is 0 Å². The van der Waals surface area contributed by atoms with E-state index in [0.29, 0.717) is 5.69 Å². The molecule has 0 saturated carbocycles. The van der Waals surface area contributed by atoms with Crippen molar-refractivity contribution in [2.45, 2.75) is 0 Å². The molecular formula is C11H10N2O2. The van der Waals surface area contributed by atoms with Crippen LogP contribution < -0.4 is 0 Å². The molecule has 4 nitrogen and oxygen atoms in total. The van der Waals surface area contributed by atoms with Gasteiger partial charge in [0, 0.05) is 6.20 Å². The number of carbonyl (C=O) groups excluding carboxylic acids is 1. The Balaban J connectivity index is 2.32. The normalized spacial score (nSPS) is 9.93. The molecule has 0 unspecified atom stereocenters. The van der Waals surface area contributed by atoms with E-state index >= 15 is 0 Å². The highest BCUT2D eigenvalue weighted by atomic mass is 16.5. The second kappa shape index (κ2) is 3.96. The van der Waals surface area contributed by atoms with Crippen molar-refractivity contribution in [3.63, 3.8) is 0 Å². The third kappa shape index (κ3) is 1.88. The average Bonchev–Trinajstić information content (AvgIpc) is 2.78. The second-order valence-electron chi connectivity index (χ2n) is 2.97. The number of rotatable bonds is 2. The predicted molar refractivity (Wildman–Crippen MR) is 54.9 cm³/mol. The quantitative estimate of drug-likeness (QED) is 0.695. The zero-order valence-electron chi connectivity index (χ0n) is 8.25. The van der Waals surface area contributed by atoms with Crippen molar-refractivity contribution >= 4 is 5.97 Å². The summed E-state index contributed by atoms with van der Waals surface area (Å²) in [6.45, 7) is 0. The van der Waals surface area contributed by atoms with Crippen LogP contribution in [0.25, 0.3) is 5.69 Å². The highest BCUT2D eigenvalue weighted by Gasteiger charge is 2.09. The van der Waals surface area contributed by atoms with E-state index in [2.05, 4.69) is 9.84 Å². The van der Waals surface area contributed by atoms with E-state index in [1.807, 2.05) is 30.3 Å². The minimum absolute atomic E-state index is 0.307. The van der Waals surface area contributed by atoms with Gasteiger partial charge in [0.1, 0.15) is 0 Å². The van der Waals surface area contributed by atoms with E-state index in [1.54, 1.807) is 16.9 Å². The average molecular weight is 202 g/mol. The first kappa shape index (κ1) is 9.45. The number of methoxy groups -OCH3 is 1. The molecular weight excluding hydrogens is 192 g/mol. The molecule has 2 rings (SSSR count). The summed E-state index contributed by atoms with van der Waals surface area (Å²) in [6, 6.07) is 11.2. The zero-order valence-corrected chi connectivity index (χ0v) is 8.25. The number of carbonyl (C=O) groups is 1. The Morgan fingerprint density at radius 3 is 2.67 bits per heavy atom. The topological polar surface area (TPSA) is 44.1 Å². The maximum absolute atomic E-state index is 11.2. The lowest BCUT2D eigenvalue weighted by molar-refractivity contribution is 0.0593. The van der Waals surface area contributed by atoms with Crippen LogP contribution >= 0.6 is 0 Å². The van der Waals surface area contributed by atoms with Crippen LogP contribution in [-0.2, 0) is 4.74 Å². The Morgan fingerprint density at radius 2 is 2.00 bits per heavy atom. The minimum atomic E-state index is -0.426. The molecule has 76 valence electrons. The molecule has 1 heterocycles. The SMILES string of the molecule is COC(=O)c1ccn(-c2ccccc2)n1. The standard InChI is InChI=1S/C11H10N2O2/c1-15-11(14)10-7-8-13(12-10)9-5-3-2-4-6-9/h2-8H,1H3. The van der Waals surface area contributed by atoms with Gasteiger partial charge in [0.2, 0.25) is 0 Å². The summed E-state index contributed by atoms with van der Waals surface area (Å²) in [7, 11) is 1.34. The fourth-order valence-corrected chi connectivity index (χ4v) is 1.26. The first-order chi connectivity index (χ1) is 7.31. The summed E-state index contributed by atoms with van der Waals surface area (Å²) in [4.78, 5) is 11.2. The molecule has 0 spiro atoms. The smallest absolute Gasteiger partial charge is 0.358 e. The molecule has 0 atom stereocenters. The van der Waals surface area contributed by atoms with E-state index in [1.165, 1.54) is 7.11 Å². The first-order valence-electron chi connectivity index (χ1n) is 4.50. The molecule has 1 aromatic carbocycles. The number of hydrogen-bond acceptors (Lipinski definition) is 3. The zero-order chi connectivity index (χ0) is 10.7. The molecule has 0 amide bonds. The van der Waals surface area contributed by atoms with Crippen molar-refractivity contribution in [1.82, 2.24) is 9.78 Å². The lowest BCUT2D eigenvalue weighted by Crippen LogP contribution is -2.03. The van der Waals surface area contributed by atoms with Crippen molar-refractivity contribution < 1.29 is 9.53 Å². The Morgan fingerprint density at radius 1 is 1.27 bits per heavy atom. The van der Waals surface area contributed by atoms with E-state index in [4.69, 9.17) is 0 Å². The van der Waals surface area contributed by atoms with Gasteiger partial charge in [-0.25, -0.2) is 9.48 Å². The van der Waals surface area contributed by atoms with Gasteiger partial charge in [0.05, 0.1) is 12.8 Å². The number of esters is 1. The summed E-state index contributed by atoms with van der Waals surface area (Å²) >= 11 is 0. The Hall–Kier alpha value is -2.10. The number of benzene rings is 1. The second-order valence-corrected chi connectivity index (χ2v) is 2.97. The number of hydrogen-bond donors (Lipinski definition) is 0. The number of para-hydroxylation sites is 1. The number of ether oxygens (including phenoxy) is 1. The van der Waals surface area contributed by atoms with Gasteiger partial charge < -0.3 is 4.74 Å². The van der Waals surface area contributed by atoms with Crippen LogP contribution in [0, 0.1) is 0 Å². The van der Waals surface area contributed by atoms with Gasteiger partial charge in [-0.15, -0.1) is 0 Å². The van der Waals surface area contributed by atoms with Gasteiger partial charge in [0.25, 0.3) is 0 Å². The van der Waals surface area contributed by atoms with Crippen molar-refractivity contribution in [2.24, 2.45) is 0 Å². The maximum Gasteiger partial charge on any atom is 0.358 e. The van der Waals surface area contributed by atoms with Crippen LogP contribution in [0.1, 0.15) is 10.5 Å². The van der Waals surface area contributed by atoms with Gasteiger partial charge in [-0.3, -0.25) is 0 Å². The Labute approximate surface area is 87.1 Å². The largest absolute Gasteiger partial charge is 0.464 e. The van der Waals surface area contributed by atoms with Gasteiger partial charge in [0.15, 0.2) is 5.69 Å². The monoisotopic (exact) mass is 202 g/mol. The van der Waals surface area contributed by atoms with E-state index in [9.17, 15) is 4.79 Å². The molecule has 0 N–H and O–H groups in total. The lowest BCUT2D eigenvalue weighted by Gasteiger charge is -1.99. The summed E-state index contributed by atoms with van der Waals surface area (Å²) in [5, 5.41) is 4.09. The van der Waals surface area contributed by atoms with Gasteiger partial charge in [-0.05, 0) is 18.2 Å². The molecule has 0 aliphatic rings. The van der Waals surface area contributed by atoms with Crippen molar-refractivity contribution in [1.29, 1.82) is 0 Å². The summed E-state index contributed by atoms with van der Waals surface area (Å²) in [5.74, 6) is -0.426. The van der Waals surface area contributed by atoms with Gasteiger partial charge in [-0.1, -0.05) is 18.2 Å². The summed E-state index contributed by atoms with van der Waals surface area (Å²) < 4.78 is 6.20. The lowest BCUT2D eigenvalue weighted by atomic mass is 10.3. The van der Waals surface area contributed by atoms with Gasteiger partial charge >= 0.3 is 5.97 Å². The van der Waals surface area contributed by atoms with Crippen LogP contribution in [0.5, 0.6) is 0 Å². The molecule has 0 bridgehead atoms. The van der Waals surface area contributed by atoms with E-state index in [0.717, 1.165) is 5.69 Å². The molecule has 0 saturated heterocycles. The fourth-order valence-electron chi connectivity index (χ4n) is 1.26. The predicted octanol–water partition coefficient (Wildman–Crippen LogP) is 1.66. The Bertz CT molecular complexity index is 462. The first-order valence-corrected chi connectivity index (χ1v) is 4.50. The van der Waals surface area contributed by atoms with E-state index in [-0.39, 0.29) is 0 Å². The highest BCUT2D eigenvalue weighted by Crippen LogP contribution is 2.07. The van der Waals surface area contributed by atoms with Crippen LogP contribution in [0.3, 0.4) is 0 Å². The van der Waals surface area contributed by atoms with Crippen LogP contribution in [-0.4, -0.2) is 22.9 Å². The molecule has 1 aromatic heterocycles. The molecule has 2 aromatic rings. The third-order valence-corrected chi connectivity index (χ3v) is 2.00. The molecule has 15 heavy (non-hydrogen) atoms. The van der Waals surface area contributed by atoms with Crippen LogP contribution in [0.15, 0.2) is 42.6 Å². The van der Waals surface area contributed by atoms with Crippen molar-refractivity contribution in [3.05, 3.63) is 48.3 Å². The van der Waals surface area contributed by atoms with Crippen molar-refractivity contribution in [2.75, 3.05) is 7.11 Å². The maximum atomic E-state index is 11.2. The van der Waals surface area contributed by atoms with Gasteiger partial charge in [-0.2, -0.15) is 5.10 Å². The van der Waals surface area contributed by atoms with Crippen molar-refractivity contribution in [3.8, 4) is 5.69 Å². The molecule has 0 aliphatic carbocycles.